The largest absolute Gasteiger partial charge is 0.493 e. The predicted molar refractivity (Wildman–Crippen MR) is 121 cm³/mol. The van der Waals surface area contributed by atoms with Crippen molar-refractivity contribution in [3.63, 3.8) is 0 Å². The van der Waals surface area contributed by atoms with Crippen LogP contribution >= 0.6 is 0 Å². The number of halogens is 3. The molecule has 4 aliphatic rings. The summed E-state index contributed by atoms with van der Waals surface area (Å²) >= 11 is 0. The van der Waals surface area contributed by atoms with Crippen LogP contribution in [0.15, 0.2) is 30.3 Å². The first kappa shape index (κ1) is 21.9. The SMILES string of the molecule is COc1ccc2c3c1O[C@H]1c4[nH]c5ccc([N+](=O)[O-])cc5c4C[C@@]4(O)[C@@H](C2)N(CC(F)(F)F)CC[C@]314. The van der Waals surface area contributed by atoms with Crippen LogP contribution in [0.4, 0.5) is 18.9 Å². The van der Waals surface area contributed by atoms with Crippen molar-refractivity contribution in [3.8, 4) is 11.5 Å². The van der Waals surface area contributed by atoms with Crippen molar-refractivity contribution in [2.75, 3.05) is 20.2 Å². The van der Waals surface area contributed by atoms with Crippen LogP contribution in [0.2, 0.25) is 0 Å². The molecule has 2 aliphatic heterocycles. The second-order valence-corrected chi connectivity index (χ2v) is 10.3. The minimum Gasteiger partial charge on any atom is -0.493 e. The summed E-state index contributed by atoms with van der Waals surface area (Å²) in [5.74, 6) is 1.02. The molecule has 188 valence electrons. The van der Waals surface area contributed by atoms with Crippen molar-refractivity contribution >= 4 is 16.6 Å². The highest BCUT2D eigenvalue weighted by Gasteiger charge is 2.73. The zero-order valence-corrected chi connectivity index (χ0v) is 19.2. The zero-order valence-electron chi connectivity index (χ0n) is 19.2. The van der Waals surface area contributed by atoms with Crippen LogP contribution in [0.3, 0.4) is 0 Å². The molecule has 0 unspecified atom stereocenters. The quantitative estimate of drug-likeness (QED) is 0.417. The maximum absolute atomic E-state index is 13.6. The molecule has 7 rings (SSSR count). The lowest BCUT2D eigenvalue weighted by Crippen LogP contribution is -2.75. The number of nitrogens with one attached hydrogen (secondary N) is 1. The second-order valence-electron chi connectivity index (χ2n) is 10.3. The monoisotopic (exact) mass is 501 g/mol. The fourth-order valence-electron chi connectivity index (χ4n) is 7.44. The predicted octanol–water partition coefficient (Wildman–Crippen LogP) is 3.94. The normalized spacial score (nSPS) is 30.0. The lowest BCUT2D eigenvalue weighted by Gasteiger charge is -2.62. The van der Waals surface area contributed by atoms with Gasteiger partial charge in [0.05, 0.1) is 35.3 Å². The number of alkyl halides is 3. The van der Waals surface area contributed by atoms with Crippen LogP contribution in [-0.2, 0) is 18.3 Å². The van der Waals surface area contributed by atoms with E-state index in [1.165, 1.54) is 24.1 Å². The number of aliphatic hydroxyl groups is 1. The number of likely N-dealkylation sites (tertiary alicyclic amines) is 1. The number of benzene rings is 2. The van der Waals surface area contributed by atoms with Crippen molar-refractivity contribution in [2.45, 2.75) is 48.6 Å². The molecule has 0 radical (unpaired) electrons. The number of rotatable bonds is 3. The number of hydrogen-bond acceptors (Lipinski definition) is 6. The molecule has 11 heteroatoms. The maximum atomic E-state index is 13.6. The molecule has 2 N–H and O–H groups in total. The van der Waals surface area contributed by atoms with E-state index in [2.05, 4.69) is 4.98 Å². The summed E-state index contributed by atoms with van der Waals surface area (Å²) in [5.41, 5.74) is 0.999. The van der Waals surface area contributed by atoms with Gasteiger partial charge in [-0.15, -0.1) is 0 Å². The molecular weight excluding hydrogens is 479 g/mol. The number of nitro groups is 1. The fraction of sp³-hybridized carbons (Fsp3) is 0.440. The minimum absolute atomic E-state index is 0.0540. The third kappa shape index (κ3) is 2.52. The third-order valence-electron chi connectivity index (χ3n) is 8.75. The second kappa shape index (κ2) is 6.71. The molecule has 0 saturated carbocycles. The molecule has 3 heterocycles. The van der Waals surface area contributed by atoms with Crippen LogP contribution in [0.1, 0.15) is 34.9 Å². The first-order valence-corrected chi connectivity index (χ1v) is 11.8. The Labute approximate surface area is 202 Å². The van der Waals surface area contributed by atoms with Crippen LogP contribution in [0.25, 0.3) is 10.9 Å². The zero-order chi connectivity index (χ0) is 25.2. The highest BCUT2D eigenvalue weighted by atomic mass is 19.4. The van der Waals surface area contributed by atoms with E-state index in [0.717, 1.165) is 11.1 Å². The number of H-pyrrole nitrogens is 1. The number of fused-ring (bicyclic) bond motifs is 4. The average Bonchev–Trinajstić information content (AvgIpc) is 3.34. The molecule has 1 saturated heterocycles. The number of non-ortho nitro benzene ring substituents is 1. The van der Waals surface area contributed by atoms with E-state index in [1.807, 2.05) is 6.07 Å². The Bertz CT molecular complexity index is 1470. The van der Waals surface area contributed by atoms with Crippen molar-refractivity contribution in [1.82, 2.24) is 9.88 Å². The van der Waals surface area contributed by atoms with Gasteiger partial charge in [-0.25, -0.2) is 0 Å². The van der Waals surface area contributed by atoms with Gasteiger partial charge in [-0.2, -0.15) is 13.2 Å². The molecular formula is C25H22F3N3O5. The van der Waals surface area contributed by atoms with E-state index in [0.29, 0.717) is 33.7 Å². The van der Waals surface area contributed by atoms with Gasteiger partial charge < -0.3 is 19.6 Å². The summed E-state index contributed by atoms with van der Waals surface area (Å²) < 4.78 is 52.8. The molecule has 8 nitrogen and oxygen atoms in total. The van der Waals surface area contributed by atoms with Gasteiger partial charge in [0.1, 0.15) is 0 Å². The van der Waals surface area contributed by atoms with Gasteiger partial charge in [-0.3, -0.25) is 15.0 Å². The van der Waals surface area contributed by atoms with Crippen LogP contribution in [-0.4, -0.2) is 57.9 Å². The summed E-state index contributed by atoms with van der Waals surface area (Å²) in [6.07, 6.45) is -4.56. The van der Waals surface area contributed by atoms with Crippen LogP contribution < -0.4 is 9.47 Å². The summed E-state index contributed by atoms with van der Waals surface area (Å²) in [6.45, 7) is -0.963. The highest BCUT2D eigenvalue weighted by molar-refractivity contribution is 5.88. The van der Waals surface area contributed by atoms with Gasteiger partial charge >= 0.3 is 6.18 Å². The Kier molecular flexibility index (Phi) is 4.09. The molecule has 4 atom stereocenters. The molecule has 1 spiro atoms. The number of methoxy groups -OCH3 is 1. The maximum Gasteiger partial charge on any atom is 0.401 e. The summed E-state index contributed by atoms with van der Waals surface area (Å²) in [6, 6.07) is 7.28. The number of piperidine rings is 1. The van der Waals surface area contributed by atoms with E-state index in [-0.39, 0.29) is 31.5 Å². The van der Waals surface area contributed by atoms with Crippen molar-refractivity contribution in [2.24, 2.45) is 0 Å². The standard InChI is InChI=1S/C25H22F3N3O5/c1-35-17-5-2-12-8-18-24(32)10-15-14-9-13(31(33)34)3-4-16(14)29-20(15)22-23(24,19(12)21(17)36-22)6-7-30(18)11-25(26,27)28/h2-5,9,18,22,29,32H,6-8,10-11H2,1H3/t18-,22+,23+,24-/m1/s1. The number of ether oxygens (including phenoxy) is 2. The van der Waals surface area contributed by atoms with Crippen LogP contribution in [0, 0.1) is 10.1 Å². The highest BCUT2D eigenvalue weighted by Crippen LogP contribution is 2.69. The third-order valence-corrected chi connectivity index (χ3v) is 8.75. The summed E-state index contributed by atoms with van der Waals surface area (Å²) in [5, 5.41) is 24.6. The van der Waals surface area contributed by atoms with Crippen molar-refractivity contribution in [3.05, 3.63) is 62.8 Å². The first-order chi connectivity index (χ1) is 17.1. The van der Waals surface area contributed by atoms with Gasteiger partial charge in [-0.05, 0) is 36.1 Å². The Hall–Kier alpha value is -3.31. The smallest absolute Gasteiger partial charge is 0.401 e. The molecule has 3 aromatic rings. The molecule has 2 aliphatic carbocycles. The fourth-order valence-corrected chi connectivity index (χ4v) is 7.44. The summed E-state index contributed by atoms with van der Waals surface area (Å²) in [7, 11) is 1.53. The van der Waals surface area contributed by atoms with E-state index in [9.17, 15) is 28.4 Å². The molecule has 2 aromatic carbocycles. The van der Waals surface area contributed by atoms with E-state index in [1.54, 1.807) is 12.1 Å². The number of aromatic nitrogens is 1. The van der Waals surface area contributed by atoms with Gasteiger partial charge in [0.25, 0.3) is 5.69 Å². The Morgan fingerprint density at radius 1 is 1.33 bits per heavy atom. The van der Waals surface area contributed by atoms with Gasteiger partial charge in [0.2, 0.25) is 0 Å². The van der Waals surface area contributed by atoms with Crippen molar-refractivity contribution < 1.29 is 32.7 Å². The number of nitro benzene ring substituents is 1. The number of hydrogen-bond donors (Lipinski definition) is 2. The van der Waals surface area contributed by atoms with E-state index in [4.69, 9.17) is 9.47 Å². The summed E-state index contributed by atoms with van der Waals surface area (Å²) in [4.78, 5) is 15.7. The van der Waals surface area contributed by atoms with Crippen molar-refractivity contribution in [1.29, 1.82) is 0 Å². The lowest BCUT2D eigenvalue weighted by molar-refractivity contribution is -0.384. The Balaban J connectivity index is 1.50. The number of nitrogens with zero attached hydrogens (tertiary/aromatic N) is 2. The molecule has 2 bridgehead atoms. The lowest BCUT2D eigenvalue weighted by atomic mass is 9.49. The molecule has 1 fully saturated rings. The molecule has 0 amide bonds. The van der Waals surface area contributed by atoms with Crippen LogP contribution in [0.5, 0.6) is 11.5 Å². The Morgan fingerprint density at radius 3 is 2.86 bits per heavy atom. The number of aromatic amines is 1. The first-order valence-electron chi connectivity index (χ1n) is 11.8. The average molecular weight is 501 g/mol. The molecule has 1 aromatic heterocycles. The minimum atomic E-state index is -4.42. The topological polar surface area (TPSA) is 101 Å². The van der Waals surface area contributed by atoms with E-state index < -0.39 is 40.8 Å². The van der Waals surface area contributed by atoms with Gasteiger partial charge in [0.15, 0.2) is 17.6 Å². The van der Waals surface area contributed by atoms with Gasteiger partial charge in [0, 0.05) is 47.6 Å². The Morgan fingerprint density at radius 2 is 2.14 bits per heavy atom. The van der Waals surface area contributed by atoms with Gasteiger partial charge in [-0.1, -0.05) is 6.07 Å². The molecule has 36 heavy (non-hydrogen) atoms. The van der Waals surface area contributed by atoms with E-state index >= 15 is 0 Å².